The Balaban J connectivity index is 2.26. The molecule has 0 bridgehead atoms. The zero-order valence-corrected chi connectivity index (χ0v) is 7.95. The van der Waals surface area contributed by atoms with Crippen molar-refractivity contribution in [1.29, 1.82) is 0 Å². The third kappa shape index (κ3) is 1.18. The van der Waals surface area contributed by atoms with E-state index in [1.165, 1.54) is 6.92 Å². The normalized spacial score (nSPS) is 42.3. The Morgan fingerprint density at radius 1 is 1.57 bits per heavy atom. The minimum Gasteiger partial charge on any atom is -0.458 e. The standard InChI is InChI=1S/C10H12O4/c1-5-6-3-8(11)10(2,13)4-7(6)14-9(5)12/h6-7,13H,1,3-4H2,2H3/t6-,7-,10-/m1/s1. The summed E-state index contributed by atoms with van der Waals surface area (Å²) in [6.07, 6.45) is -0.0357. The van der Waals surface area contributed by atoms with Crippen LogP contribution in [-0.2, 0) is 14.3 Å². The molecule has 1 N–H and O–H groups in total. The van der Waals surface area contributed by atoms with Gasteiger partial charge in [0.1, 0.15) is 11.7 Å². The first-order valence-corrected chi connectivity index (χ1v) is 4.57. The van der Waals surface area contributed by atoms with E-state index in [-0.39, 0.29) is 30.6 Å². The topological polar surface area (TPSA) is 63.6 Å². The van der Waals surface area contributed by atoms with Crippen LogP contribution in [0.1, 0.15) is 19.8 Å². The van der Waals surface area contributed by atoms with E-state index >= 15 is 0 Å². The van der Waals surface area contributed by atoms with Crippen LogP contribution in [0.25, 0.3) is 0 Å². The summed E-state index contributed by atoms with van der Waals surface area (Å²) in [4.78, 5) is 22.6. The first kappa shape index (κ1) is 9.40. The second-order valence-corrected chi connectivity index (χ2v) is 4.18. The Hall–Kier alpha value is -1.16. The Morgan fingerprint density at radius 2 is 2.21 bits per heavy atom. The van der Waals surface area contributed by atoms with Crippen molar-refractivity contribution < 1.29 is 19.4 Å². The molecule has 1 heterocycles. The predicted octanol–water partition coefficient (Wildman–Crippen LogP) is 0.198. The number of fused-ring (bicyclic) bond motifs is 1. The molecule has 0 radical (unpaired) electrons. The number of carbonyl (C=O) groups is 2. The number of ketones is 1. The van der Waals surface area contributed by atoms with Crippen LogP contribution in [0.3, 0.4) is 0 Å². The molecule has 3 atom stereocenters. The van der Waals surface area contributed by atoms with Gasteiger partial charge < -0.3 is 9.84 Å². The summed E-state index contributed by atoms with van der Waals surface area (Å²) in [5.74, 6) is -0.904. The highest BCUT2D eigenvalue weighted by Gasteiger charge is 2.50. The van der Waals surface area contributed by atoms with Gasteiger partial charge in [0.05, 0.1) is 0 Å². The highest BCUT2D eigenvalue weighted by molar-refractivity contribution is 5.95. The Labute approximate surface area is 81.6 Å². The molecule has 0 amide bonds. The lowest BCUT2D eigenvalue weighted by atomic mass is 9.75. The average molecular weight is 196 g/mol. The fourth-order valence-corrected chi connectivity index (χ4v) is 2.03. The van der Waals surface area contributed by atoms with Crippen LogP contribution in [0.15, 0.2) is 12.2 Å². The average Bonchev–Trinajstić information content (AvgIpc) is 2.31. The van der Waals surface area contributed by atoms with Gasteiger partial charge in [-0.2, -0.15) is 0 Å². The summed E-state index contributed by atoms with van der Waals surface area (Å²) in [5, 5.41) is 9.69. The zero-order valence-electron chi connectivity index (χ0n) is 7.95. The van der Waals surface area contributed by atoms with Gasteiger partial charge in [-0.25, -0.2) is 4.79 Å². The minimum absolute atomic E-state index is 0.155. The van der Waals surface area contributed by atoms with Crippen LogP contribution in [-0.4, -0.2) is 28.6 Å². The zero-order chi connectivity index (χ0) is 10.5. The van der Waals surface area contributed by atoms with Crippen molar-refractivity contribution in [2.24, 2.45) is 5.92 Å². The van der Waals surface area contributed by atoms with Crippen LogP contribution in [0.5, 0.6) is 0 Å². The van der Waals surface area contributed by atoms with Crippen LogP contribution in [0, 0.1) is 5.92 Å². The number of hydrogen-bond donors (Lipinski definition) is 1. The molecule has 0 aromatic rings. The lowest BCUT2D eigenvalue weighted by molar-refractivity contribution is -0.152. The maximum absolute atomic E-state index is 11.5. The first-order valence-electron chi connectivity index (χ1n) is 4.57. The number of hydrogen-bond acceptors (Lipinski definition) is 4. The lowest BCUT2D eigenvalue weighted by Crippen LogP contribution is -2.46. The predicted molar refractivity (Wildman–Crippen MR) is 47.4 cm³/mol. The van der Waals surface area contributed by atoms with Crippen LogP contribution < -0.4 is 0 Å². The molecule has 76 valence electrons. The molecule has 1 saturated heterocycles. The van der Waals surface area contributed by atoms with Gasteiger partial charge in [0.2, 0.25) is 0 Å². The van der Waals surface area contributed by atoms with Gasteiger partial charge in [-0.05, 0) is 6.92 Å². The SMILES string of the molecule is C=C1C(=O)O[C@@H]2C[C@@](C)(O)C(=O)C[C@H]12. The van der Waals surface area contributed by atoms with Gasteiger partial charge in [-0.1, -0.05) is 6.58 Å². The van der Waals surface area contributed by atoms with Crippen LogP contribution >= 0.6 is 0 Å². The Bertz CT molecular complexity index is 329. The number of rotatable bonds is 0. The summed E-state index contributed by atoms with van der Waals surface area (Å²) in [5.41, 5.74) is -0.995. The van der Waals surface area contributed by atoms with Gasteiger partial charge in [0.15, 0.2) is 5.78 Å². The molecule has 4 heteroatoms. The van der Waals surface area contributed by atoms with Crippen molar-refractivity contribution in [2.75, 3.05) is 0 Å². The van der Waals surface area contributed by atoms with Crippen molar-refractivity contribution in [3.63, 3.8) is 0 Å². The smallest absolute Gasteiger partial charge is 0.334 e. The maximum Gasteiger partial charge on any atom is 0.334 e. The van der Waals surface area contributed by atoms with Gasteiger partial charge >= 0.3 is 5.97 Å². The molecule has 4 nitrogen and oxygen atoms in total. The summed E-state index contributed by atoms with van der Waals surface area (Å²) in [6, 6.07) is 0. The molecular weight excluding hydrogens is 184 g/mol. The van der Waals surface area contributed by atoms with Crippen molar-refractivity contribution >= 4 is 11.8 Å². The molecule has 2 aliphatic rings. The van der Waals surface area contributed by atoms with E-state index in [0.717, 1.165) is 0 Å². The summed E-state index contributed by atoms with van der Waals surface area (Å²) >= 11 is 0. The third-order valence-electron chi connectivity index (χ3n) is 3.02. The molecular formula is C10H12O4. The number of esters is 1. The number of carbonyl (C=O) groups excluding carboxylic acids is 2. The van der Waals surface area contributed by atoms with Gasteiger partial charge in [-0.3, -0.25) is 4.79 Å². The third-order valence-corrected chi connectivity index (χ3v) is 3.02. The quantitative estimate of drug-likeness (QED) is 0.444. The molecule has 2 fully saturated rings. The summed E-state index contributed by atoms with van der Waals surface area (Å²) in [6.45, 7) is 5.05. The van der Waals surface area contributed by atoms with Crippen molar-refractivity contribution in [3.05, 3.63) is 12.2 Å². The van der Waals surface area contributed by atoms with Gasteiger partial charge in [0, 0.05) is 24.3 Å². The highest BCUT2D eigenvalue weighted by atomic mass is 16.6. The summed E-state index contributed by atoms with van der Waals surface area (Å²) in [7, 11) is 0. The van der Waals surface area contributed by atoms with E-state index in [1.54, 1.807) is 0 Å². The monoisotopic (exact) mass is 196 g/mol. The first-order chi connectivity index (χ1) is 6.42. The molecule has 1 aliphatic carbocycles. The molecule has 0 spiro atoms. The van der Waals surface area contributed by atoms with E-state index < -0.39 is 11.6 Å². The molecule has 14 heavy (non-hydrogen) atoms. The van der Waals surface area contributed by atoms with Gasteiger partial charge in [-0.15, -0.1) is 0 Å². The van der Waals surface area contributed by atoms with Crippen LogP contribution in [0.2, 0.25) is 0 Å². The maximum atomic E-state index is 11.5. The number of aliphatic hydroxyl groups is 1. The second kappa shape index (κ2) is 2.67. The second-order valence-electron chi connectivity index (χ2n) is 4.18. The van der Waals surface area contributed by atoms with E-state index in [0.29, 0.717) is 5.57 Å². The summed E-state index contributed by atoms with van der Waals surface area (Å²) < 4.78 is 5.01. The van der Waals surface area contributed by atoms with Gasteiger partial charge in [0.25, 0.3) is 0 Å². The lowest BCUT2D eigenvalue weighted by Gasteiger charge is -2.32. The number of ether oxygens (including phenoxy) is 1. The van der Waals surface area contributed by atoms with Crippen molar-refractivity contribution in [3.8, 4) is 0 Å². The molecule has 2 rings (SSSR count). The minimum atomic E-state index is -1.36. The van der Waals surface area contributed by atoms with E-state index in [4.69, 9.17) is 4.74 Å². The van der Waals surface area contributed by atoms with Crippen LogP contribution in [0.4, 0.5) is 0 Å². The molecule has 1 aliphatic heterocycles. The Morgan fingerprint density at radius 3 is 2.86 bits per heavy atom. The Kier molecular flexibility index (Phi) is 1.79. The van der Waals surface area contributed by atoms with E-state index in [1.807, 2.05) is 0 Å². The molecule has 0 unspecified atom stereocenters. The largest absolute Gasteiger partial charge is 0.458 e. The molecule has 1 saturated carbocycles. The van der Waals surface area contributed by atoms with E-state index in [2.05, 4.69) is 6.58 Å². The van der Waals surface area contributed by atoms with Crippen molar-refractivity contribution in [2.45, 2.75) is 31.5 Å². The fourth-order valence-electron chi connectivity index (χ4n) is 2.03. The fraction of sp³-hybridized carbons (Fsp3) is 0.600. The van der Waals surface area contributed by atoms with E-state index in [9.17, 15) is 14.7 Å². The highest BCUT2D eigenvalue weighted by Crippen LogP contribution is 2.39. The molecule has 0 aromatic heterocycles. The number of Topliss-reactive ketones (excluding diaryl/α,β-unsaturated/α-hetero) is 1. The van der Waals surface area contributed by atoms with Crippen molar-refractivity contribution in [1.82, 2.24) is 0 Å². The molecule has 0 aromatic carbocycles.